The van der Waals surface area contributed by atoms with Gasteiger partial charge in [0.1, 0.15) is 17.1 Å². The fraction of sp³-hybridized carbons (Fsp3) is 0.565. The lowest BCUT2D eigenvalue weighted by Crippen LogP contribution is -2.42. The molecule has 1 atom stereocenters. The molecule has 2 aromatic rings. The first kappa shape index (κ1) is 21.2. The number of benzene rings is 1. The quantitative estimate of drug-likeness (QED) is 0.635. The summed E-state index contributed by atoms with van der Waals surface area (Å²) in [6.45, 7) is 7.91. The molecular formula is C23H32N2O4. The first-order chi connectivity index (χ1) is 13.9. The summed E-state index contributed by atoms with van der Waals surface area (Å²) in [5.41, 5.74) is 0.442. The maximum atomic E-state index is 12.3. The van der Waals surface area contributed by atoms with Crippen LogP contribution in [0.2, 0.25) is 0 Å². The molecule has 1 aliphatic rings. The van der Waals surface area contributed by atoms with Crippen molar-refractivity contribution < 1.29 is 19.0 Å². The van der Waals surface area contributed by atoms with Crippen molar-refractivity contribution in [1.82, 2.24) is 9.88 Å². The van der Waals surface area contributed by atoms with E-state index in [-0.39, 0.29) is 6.09 Å². The molecule has 1 saturated heterocycles. The van der Waals surface area contributed by atoms with Gasteiger partial charge >= 0.3 is 6.09 Å². The molecule has 1 aromatic carbocycles. The lowest BCUT2D eigenvalue weighted by molar-refractivity contribution is 0.0159. The summed E-state index contributed by atoms with van der Waals surface area (Å²) in [4.78, 5) is 18.5. The van der Waals surface area contributed by atoms with Crippen molar-refractivity contribution in [2.75, 3.05) is 26.8 Å². The second kappa shape index (κ2) is 9.33. The summed E-state index contributed by atoms with van der Waals surface area (Å²) >= 11 is 0. The summed E-state index contributed by atoms with van der Waals surface area (Å²) in [6, 6.07) is 7.69. The van der Waals surface area contributed by atoms with E-state index >= 15 is 0 Å². The van der Waals surface area contributed by atoms with Crippen LogP contribution < -0.4 is 9.47 Å². The number of carbonyl (C=O) groups excluding carboxylic acids is 1. The third-order valence-corrected chi connectivity index (χ3v) is 5.09. The average molecular weight is 401 g/mol. The topological polar surface area (TPSA) is 60.9 Å². The molecule has 1 amide bonds. The van der Waals surface area contributed by atoms with E-state index in [9.17, 15) is 4.79 Å². The predicted molar refractivity (Wildman–Crippen MR) is 114 cm³/mol. The van der Waals surface area contributed by atoms with E-state index in [2.05, 4.69) is 4.98 Å². The Balaban J connectivity index is 1.49. The zero-order chi connectivity index (χ0) is 20.9. The van der Waals surface area contributed by atoms with Crippen LogP contribution in [0.4, 0.5) is 4.79 Å². The van der Waals surface area contributed by atoms with Gasteiger partial charge in [-0.15, -0.1) is 0 Å². The van der Waals surface area contributed by atoms with E-state index in [1.54, 1.807) is 13.3 Å². The van der Waals surface area contributed by atoms with Crippen molar-refractivity contribution in [3.05, 3.63) is 30.5 Å². The van der Waals surface area contributed by atoms with Gasteiger partial charge in [-0.3, -0.25) is 4.98 Å². The number of piperidine rings is 1. The third-order valence-electron chi connectivity index (χ3n) is 5.09. The molecule has 0 saturated carbocycles. The molecule has 6 heteroatoms. The van der Waals surface area contributed by atoms with Gasteiger partial charge in [0.05, 0.1) is 19.2 Å². The Labute approximate surface area is 173 Å². The van der Waals surface area contributed by atoms with Gasteiger partial charge in [-0.25, -0.2) is 4.79 Å². The van der Waals surface area contributed by atoms with Crippen LogP contribution in [-0.2, 0) is 4.74 Å². The maximum Gasteiger partial charge on any atom is 0.410 e. The molecule has 2 heterocycles. The fourth-order valence-electron chi connectivity index (χ4n) is 3.70. The normalized spacial score (nSPS) is 17.2. The van der Waals surface area contributed by atoms with E-state index in [0.717, 1.165) is 61.2 Å². The molecule has 6 nitrogen and oxygen atoms in total. The van der Waals surface area contributed by atoms with E-state index in [1.807, 2.05) is 49.9 Å². The van der Waals surface area contributed by atoms with Crippen LogP contribution in [0, 0.1) is 5.92 Å². The monoisotopic (exact) mass is 400 g/mol. The number of methoxy groups -OCH3 is 1. The summed E-state index contributed by atoms with van der Waals surface area (Å²) in [6.07, 6.45) is 5.72. The summed E-state index contributed by atoms with van der Waals surface area (Å²) in [5, 5.41) is 0.959. The minimum atomic E-state index is -0.451. The highest BCUT2D eigenvalue weighted by Gasteiger charge is 2.27. The van der Waals surface area contributed by atoms with Crippen LogP contribution in [0.5, 0.6) is 11.5 Å². The largest absolute Gasteiger partial charge is 0.497 e. The van der Waals surface area contributed by atoms with Gasteiger partial charge in [0.25, 0.3) is 0 Å². The average Bonchev–Trinajstić information content (AvgIpc) is 2.70. The number of amides is 1. The molecule has 0 N–H and O–H groups in total. The first-order valence-electron chi connectivity index (χ1n) is 10.4. The molecular weight excluding hydrogens is 368 g/mol. The summed E-state index contributed by atoms with van der Waals surface area (Å²) < 4.78 is 16.9. The van der Waals surface area contributed by atoms with Gasteiger partial charge in [0.2, 0.25) is 0 Å². The SMILES string of the molecule is COc1ccc2nccc(OCCCC3CCCN(C(=O)OC(C)(C)C)C3)c2c1. The molecule has 0 radical (unpaired) electrons. The zero-order valence-corrected chi connectivity index (χ0v) is 17.9. The van der Waals surface area contributed by atoms with Gasteiger partial charge < -0.3 is 19.1 Å². The second-order valence-electron chi connectivity index (χ2n) is 8.62. The Morgan fingerprint density at radius 1 is 1.28 bits per heavy atom. The minimum Gasteiger partial charge on any atom is -0.497 e. The highest BCUT2D eigenvalue weighted by molar-refractivity contribution is 5.86. The van der Waals surface area contributed by atoms with E-state index in [1.165, 1.54) is 0 Å². The number of nitrogens with zero attached hydrogens (tertiary/aromatic N) is 2. The lowest BCUT2D eigenvalue weighted by Gasteiger charge is -2.34. The van der Waals surface area contributed by atoms with Crippen LogP contribution in [0.15, 0.2) is 30.5 Å². The van der Waals surface area contributed by atoms with Crippen LogP contribution in [0.1, 0.15) is 46.5 Å². The number of aromatic nitrogens is 1. The van der Waals surface area contributed by atoms with Crippen LogP contribution in [0.25, 0.3) is 10.9 Å². The van der Waals surface area contributed by atoms with Crippen molar-refractivity contribution in [1.29, 1.82) is 0 Å². The fourth-order valence-corrected chi connectivity index (χ4v) is 3.70. The smallest absolute Gasteiger partial charge is 0.410 e. The second-order valence-corrected chi connectivity index (χ2v) is 8.62. The summed E-state index contributed by atoms with van der Waals surface area (Å²) in [5.74, 6) is 2.11. The Bertz CT molecular complexity index is 831. The molecule has 0 bridgehead atoms. The van der Waals surface area contributed by atoms with E-state index < -0.39 is 5.60 Å². The standard InChI is InChI=1S/C23H32N2O4/c1-23(2,3)29-22(26)25-13-5-7-17(16-25)8-6-14-28-21-11-12-24-20-10-9-18(27-4)15-19(20)21/h9-12,15,17H,5-8,13-14,16H2,1-4H3. The van der Waals surface area contributed by atoms with Gasteiger partial charge in [0, 0.05) is 24.7 Å². The minimum absolute atomic E-state index is 0.198. The third kappa shape index (κ3) is 5.99. The van der Waals surface area contributed by atoms with Crippen molar-refractivity contribution in [2.24, 2.45) is 5.92 Å². The van der Waals surface area contributed by atoms with Gasteiger partial charge in [-0.2, -0.15) is 0 Å². The number of ether oxygens (including phenoxy) is 3. The summed E-state index contributed by atoms with van der Waals surface area (Å²) in [7, 11) is 1.66. The number of hydrogen-bond donors (Lipinski definition) is 0. The Hall–Kier alpha value is -2.50. The molecule has 29 heavy (non-hydrogen) atoms. The van der Waals surface area contributed by atoms with Crippen LogP contribution >= 0.6 is 0 Å². The number of carbonyl (C=O) groups is 1. The highest BCUT2D eigenvalue weighted by Crippen LogP contribution is 2.28. The van der Waals surface area contributed by atoms with Crippen molar-refractivity contribution in [2.45, 2.75) is 52.1 Å². The van der Waals surface area contributed by atoms with Crippen LogP contribution in [0.3, 0.4) is 0 Å². The van der Waals surface area contributed by atoms with Gasteiger partial charge in [0.15, 0.2) is 0 Å². The Morgan fingerprint density at radius 3 is 2.86 bits per heavy atom. The lowest BCUT2D eigenvalue weighted by atomic mass is 9.94. The van der Waals surface area contributed by atoms with E-state index in [0.29, 0.717) is 12.5 Å². The number of likely N-dealkylation sites (tertiary alicyclic amines) is 1. The van der Waals surface area contributed by atoms with Crippen molar-refractivity contribution in [3.63, 3.8) is 0 Å². The molecule has 0 aliphatic carbocycles. The van der Waals surface area contributed by atoms with Crippen molar-refractivity contribution >= 4 is 17.0 Å². The molecule has 1 aromatic heterocycles. The zero-order valence-electron chi connectivity index (χ0n) is 17.9. The Morgan fingerprint density at radius 2 is 2.10 bits per heavy atom. The number of fused-ring (bicyclic) bond motifs is 1. The number of pyridine rings is 1. The molecule has 1 aliphatic heterocycles. The predicted octanol–water partition coefficient (Wildman–Crippen LogP) is 5.05. The number of hydrogen-bond acceptors (Lipinski definition) is 5. The molecule has 1 fully saturated rings. The molecule has 158 valence electrons. The maximum absolute atomic E-state index is 12.3. The van der Waals surface area contributed by atoms with Crippen molar-refractivity contribution in [3.8, 4) is 11.5 Å². The highest BCUT2D eigenvalue weighted by atomic mass is 16.6. The molecule has 3 rings (SSSR count). The first-order valence-corrected chi connectivity index (χ1v) is 10.4. The van der Waals surface area contributed by atoms with Gasteiger partial charge in [-0.1, -0.05) is 0 Å². The van der Waals surface area contributed by atoms with E-state index in [4.69, 9.17) is 14.2 Å². The number of rotatable bonds is 6. The van der Waals surface area contributed by atoms with Gasteiger partial charge in [-0.05, 0) is 76.6 Å². The van der Waals surface area contributed by atoms with Crippen LogP contribution in [-0.4, -0.2) is 48.4 Å². The molecule has 0 spiro atoms. The Kier molecular flexibility index (Phi) is 6.83. The molecule has 1 unspecified atom stereocenters.